The second-order valence-corrected chi connectivity index (χ2v) is 5.55. The predicted octanol–water partition coefficient (Wildman–Crippen LogP) is 2.01. The van der Waals surface area contributed by atoms with Gasteiger partial charge in [-0.25, -0.2) is 0 Å². The standard InChI is InChI=1S/C13H22ClN5/c1-3-19-11(12(14)9(2)17-19)8-18-6-4-10(5-7-18)13(15)16/h10H,3-8H2,1-2H3,(H3,15,16). The number of likely N-dealkylation sites (tertiary alicyclic amines) is 1. The fourth-order valence-corrected chi connectivity index (χ4v) is 2.83. The molecule has 2 heterocycles. The largest absolute Gasteiger partial charge is 0.387 e. The summed E-state index contributed by atoms with van der Waals surface area (Å²) in [5.41, 5.74) is 7.57. The van der Waals surface area contributed by atoms with E-state index in [0.717, 1.165) is 55.4 Å². The molecule has 1 saturated heterocycles. The summed E-state index contributed by atoms with van der Waals surface area (Å²) in [5.74, 6) is 0.580. The van der Waals surface area contributed by atoms with E-state index in [9.17, 15) is 0 Å². The topological polar surface area (TPSA) is 70.9 Å². The number of aromatic nitrogens is 2. The van der Waals surface area contributed by atoms with Gasteiger partial charge in [0, 0.05) is 19.0 Å². The average molecular weight is 284 g/mol. The molecule has 106 valence electrons. The molecule has 0 spiro atoms. The first kappa shape index (κ1) is 14.3. The van der Waals surface area contributed by atoms with E-state index < -0.39 is 0 Å². The zero-order chi connectivity index (χ0) is 14.0. The average Bonchev–Trinajstić information content (AvgIpc) is 2.67. The summed E-state index contributed by atoms with van der Waals surface area (Å²) >= 11 is 6.33. The molecule has 0 aromatic carbocycles. The Labute approximate surface area is 119 Å². The Hall–Kier alpha value is -1.07. The molecule has 1 aliphatic heterocycles. The van der Waals surface area contributed by atoms with Gasteiger partial charge in [-0.3, -0.25) is 15.0 Å². The van der Waals surface area contributed by atoms with E-state index in [4.69, 9.17) is 22.7 Å². The monoisotopic (exact) mass is 283 g/mol. The lowest BCUT2D eigenvalue weighted by Crippen LogP contribution is -2.38. The minimum Gasteiger partial charge on any atom is -0.387 e. The van der Waals surface area contributed by atoms with Crippen LogP contribution in [0.5, 0.6) is 0 Å². The van der Waals surface area contributed by atoms with Crippen molar-refractivity contribution < 1.29 is 0 Å². The number of halogens is 1. The molecule has 1 aliphatic rings. The summed E-state index contributed by atoms with van der Waals surface area (Å²) in [5, 5.41) is 12.7. The molecule has 2 rings (SSSR count). The highest BCUT2D eigenvalue weighted by Crippen LogP contribution is 2.24. The summed E-state index contributed by atoms with van der Waals surface area (Å²) in [6.07, 6.45) is 1.93. The molecule has 0 bridgehead atoms. The molecule has 1 aromatic rings. The molecule has 0 saturated carbocycles. The highest BCUT2D eigenvalue weighted by atomic mass is 35.5. The Balaban J connectivity index is 2.01. The Morgan fingerprint density at radius 1 is 1.47 bits per heavy atom. The van der Waals surface area contributed by atoms with Crippen LogP contribution in [-0.4, -0.2) is 33.6 Å². The van der Waals surface area contributed by atoms with Gasteiger partial charge in [-0.1, -0.05) is 11.6 Å². The quantitative estimate of drug-likeness (QED) is 0.656. The molecule has 0 atom stereocenters. The number of hydrogen-bond donors (Lipinski definition) is 2. The van der Waals surface area contributed by atoms with Crippen molar-refractivity contribution in [3.05, 3.63) is 16.4 Å². The number of amidine groups is 1. The SMILES string of the molecule is CCn1nc(C)c(Cl)c1CN1CCC(C(=N)N)CC1. The number of rotatable bonds is 4. The smallest absolute Gasteiger partial charge is 0.0937 e. The zero-order valence-electron chi connectivity index (χ0n) is 11.6. The molecule has 3 N–H and O–H groups in total. The third-order valence-electron chi connectivity index (χ3n) is 3.85. The van der Waals surface area contributed by atoms with E-state index in [1.54, 1.807) is 0 Å². The third kappa shape index (κ3) is 3.09. The summed E-state index contributed by atoms with van der Waals surface area (Å²) in [6.45, 7) is 7.63. The van der Waals surface area contributed by atoms with E-state index in [0.29, 0.717) is 5.84 Å². The van der Waals surface area contributed by atoms with Crippen LogP contribution in [0, 0.1) is 18.3 Å². The van der Waals surface area contributed by atoms with Crippen molar-refractivity contribution in [1.82, 2.24) is 14.7 Å². The fraction of sp³-hybridized carbons (Fsp3) is 0.692. The summed E-state index contributed by atoms with van der Waals surface area (Å²) in [4.78, 5) is 2.37. The van der Waals surface area contributed by atoms with Gasteiger partial charge in [-0.2, -0.15) is 5.10 Å². The first-order chi connectivity index (χ1) is 9.02. The van der Waals surface area contributed by atoms with Crippen LogP contribution in [0.25, 0.3) is 0 Å². The molecule has 5 nitrogen and oxygen atoms in total. The van der Waals surface area contributed by atoms with Gasteiger partial charge >= 0.3 is 0 Å². The van der Waals surface area contributed by atoms with Gasteiger partial charge in [-0.05, 0) is 39.8 Å². The van der Waals surface area contributed by atoms with Crippen molar-refractivity contribution in [1.29, 1.82) is 5.41 Å². The van der Waals surface area contributed by atoms with Crippen LogP contribution in [0.3, 0.4) is 0 Å². The van der Waals surface area contributed by atoms with Crippen molar-refractivity contribution in [2.75, 3.05) is 13.1 Å². The van der Waals surface area contributed by atoms with Gasteiger partial charge in [0.2, 0.25) is 0 Å². The Morgan fingerprint density at radius 3 is 2.63 bits per heavy atom. The Morgan fingerprint density at radius 2 is 2.11 bits per heavy atom. The van der Waals surface area contributed by atoms with Crippen LogP contribution in [0.1, 0.15) is 31.2 Å². The lowest BCUT2D eigenvalue weighted by molar-refractivity contribution is 0.196. The molecule has 0 radical (unpaired) electrons. The number of nitrogens with zero attached hydrogens (tertiary/aromatic N) is 3. The molecule has 19 heavy (non-hydrogen) atoms. The molecule has 0 aliphatic carbocycles. The lowest BCUT2D eigenvalue weighted by atomic mass is 9.96. The lowest BCUT2D eigenvalue weighted by Gasteiger charge is -2.31. The summed E-state index contributed by atoms with van der Waals surface area (Å²) < 4.78 is 1.98. The number of nitrogens with two attached hydrogens (primary N) is 1. The summed E-state index contributed by atoms with van der Waals surface area (Å²) in [6, 6.07) is 0. The molecule has 0 amide bonds. The Bertz CT molecular complexity index is 460. The normalized spacial score (nSPS) is 17.8. The molecular formula is C13H22ClN5. The van der Waals surface area contributed by atoms with Crippen LogP contribution in [0.15, 0.2) is 0 Å². The maximum atomic E-state index is 7.50. The molecular weight excluding hydrogens is 262 g/mol. The van der Waals surface area contributed by atoms with Crippen molar-refractivity contribution in [3.63, 3.8) is 0 Å². The third-order valence-corrected chi connectivity index (χ3v) is 4.35. The number of aryl methyl sites for hydroxylation is 2. The van der Waals surface area contributed by atoms with Crippen LogP contribution >= 0.6 is 11.6 Å². The second kappa shape index (κ2) is 5.92. The van der Waals surface area contributed by atoms with Crippen molar-refractivity contribution >= 4 is 17.4 Å². The van der Waals surface area contributed by atoms with Crippen molar-refractivity contribution in [3.8, 4) is 0 Å². The number of nitrogens with one attached hydrogen (secondary N) is 1. The Kier molecular flexibility index (Phi) is 4.47. The van der Waals surface area contributed by atoms with Gasteiger partial charge in [0.15, 0.2) is 0 Å². The first-order valence-corrected chi connectivity index (χ1v) is 7.18. The molecule has 1 fully saturated rings. The van der Waals surface area contributed by atoms with Gasteiger partial charge < -0.3 is 5.73 Å². The molecule has 0 unspecified atom stereocenters. The maximum absolute atomic E-state index is 7.50. The van der Waals surface area contributed by atoms with Crippen LogP contribution < -0.4 is 5.73 Å². The summed E-state index contributed by atoms with van der Waals surface area (Å²) in [7, 11) is 0. The van der Waals surface area contributed by atoms with Crippen molar-refractivity contribution in [2.24, 2.45) is 11.7 Å². The first-order valence-electron chi connectivity index (χ1n) is 6.81. The van der Waals surface area contributed by atoms with Gasteiger partial charge in [0.05, 0.1) is 22.2 Å². The van der Waals surface area contributed by atoms with E-state index in [1.165, 1.54) is 0 Å². The van der Waals surface area contributed by atoms with E-state index >= 15 is 0 Å². The zero-order valence-corrected chi connectivity index (χ0v) is 12.4. The van der Waals surface area contributed by atoms with Gasteiger partial charge in [0.1, 0.15) is 0 Å². The maximum Gasteiger partial charge on any atom is 0.0937 e. The molecule has 1 aromatic heterocycles. The predicted molar refractivity (Wildman–Crippen MR) is 77.6 cm³/mol. The number of hydrogen-bond acceptors (Lipinski definition) is 3. The van der Waals surface area contributed by atoms with Crippen LogP contribution in [0.2, 0.25) is 5.02 Å². The minimum atomic E-state index is 0.254. The number of piperidine rings is 1. The van der Waals surface area contributed by atoms with Crippen LogP contribution in [0.4, 0.5) is 0 Å². The van der Waals surface area contributed by atoms with Crippen molar-refractivity contribution in [2.45, 2.75) is 39.8 Å². The van der Waals surface area contributed by atoms with Crippen LogP contribution in [-0.2, 0) is 13.1 Å². The van der Waals surface area contributed by atoms with E-state index in [1.807, 2.05) is 11.6 Å². The van der Waals surface area contributed by atoms with Gasteiger partial charge in [0.25, 0.3) is 0 Å². The van der Waals surface area contributed by atoms with Gasteiger partial charge in [-0.15, -0.1) is 0 Å². The van der Waals surface area contributed by atoms with E-state index in [-0.39, 0.29) is 5.92 Å². The highest BCUT2D eigenvalue weighted by molar-refractivity contribution is 6.31. The second-order valence-electron chi connectivity index (χ2n) is 5.17. The fourth-order valence-electron chi connectivity index (χ4n) is 2.63. The minimum absolute atomic E-state index is 0.254. The highest BCUT2D eigenvalue weighted by Gasteiger charge is 2.23. The molecule has 6 heteroatoms. The van der Waals surface area contributed by atoms with E-state index in [2.05, 4.69) is 16.9 Å².